The Hall–Kier alpha value is -3.30. The Morgan fingerprint density at radius 2 is 1.53 bits per heavy atom. The van der Waals surface area contributed by atoms with Crippen molar-refractivity contribution in [2.75, 3.05) is 13.2 Å². The lowest BCUT2D eigenvalue weighted by Gasteiger charge is -2.16. The molecule has 0 saturated heterocycles. The van der Waals surface area contributed by atoms with Crippen molar-refractivity contribution in [2.24, 2.45) is 5.90 Å². The minimum atomic E-state index is -4.89. The Morgan fingerprint density at radius 3 is 2.00 bits per heavy atom. The topological polar surface area (TPSA) is 47.3 Å². The van der Waals surface area contributed by atoms with E-state index < -0.39 is 23.5 Å². The highest BCUT2D eigenvalue weighted by Crippen LogP contribution is 2.39. The number of aryl methyl sites for hydroxylation is 1. The Kier molecular flexibility index (Phi) is 12.1. The van der Waals surface area contributed by atoms with Gasteiger partial charge in [-0.2, -0.15) is 26.3 Å². The van der Waals surface area contributed by atoms with Crippen LogP contribution in [0.4, 0.5) is 26.3 Å². The van der Waals surface area contributed by atoms with Gasteiger partial charge >= 0.3 is 12.4 Å². The molecule has 0 aliphatic carbocycles. The predicted molar refractivity (Wildman–Crippen MR) is 143 cm³/mol. The zero-order chi connectivity index (χ0) is 27.8. The van der Waals surface area contributed by atoms with Crippen molar-refractivity contribution in [1.82, 2.24) is 5.32 Å². The Balaban J connectivity index is 0.000000925. The van der Waals surface area contributed by atoms with Crippen molar-refractivity contribution in [2.45, 2.75) is 46.5 Å². The summed E-state index contributed by atoms with van der Waals surface area (Å²) in [6.07, 6.45) is -6.28. The number of halogens is 6. The number of hydrogen-bond donors (Lipinski definition) is 2. The number of fused-ring (bicyclic) bond motifs is 1. The monoisotopic (exact) mass is 540 g/mol. The Bertz CT molecular complexity index is 1200. The van der Waals surface area contributed by atoms with E-state index >= 15 is 0 Å². The molecule has 9 heteroatoms. The van der Waals surface area contributed by atoms with Crippen LogP contribution in [0.1, 0.15) is 49.4 Å². The van der Waals surface area contributed by atoms with Gasteiger partial charge in [-0.25, -0.2) is 5.90 Å². The van der Waals surface area contributed by atoms with Crippen LogP contribution in [0.5, 0.6) is 0 Å². The normalized spacial score (nSPS) is 11.3. The molecule has 3 aromatic rings. The van der Waals surface area contributed by atoms with Crippen molar-refractivity contribution in [3.05, 3.63) is 90.0 Å². The molecule has 3 N–H and O–H groups in total. The van der Waals surface area contributed by atoms with Crippen LogP contribution in [0.2, 0.25) is 0 Å². The van der Waals surface area contributed by atoms with E-state index in [0.29, 0.717) is 17.7 Å². The molecule has 0 amide bonds. The lowest BCUT2D eigenvalue weighted by atomic mass is 9.94. The average Bonchev–Trinajstić information content (AvgIpc) is 2.84. The van der Waals surface area contributed by atoms with Crippen LogP contribution in [0.3, 0.4) is 0 Å². The molecule has 3 aromatic carbocycles. The second-order valence-electron chi connectivity index (χ2n) is 8.38. The van der Waals surface area contributed by atoms with Crippen molar-refractivity contribution >= 4 is 16.5 Å². The third kappa shape index (κ3) is 8.92. The van der Waals surface area contributed by atoms with Gasteiger partial charge in [0.25, 0.3) is 0 Å². The smallest absolute Gasteiger partial charge is 0.385 e. The molecule has 3 nitrogen and oxygen atoms in total. The fourth-order valence-electron chi connectivity index (χ4n) is 3.56. The van der Waals surface area contributed by atoms with E-state index in [-0.39, 0.29) is 24.6 Å². The number of rotatable bonds is 8. The van der Waals surface area contributed by atoms with Crippen LogP contribution in [-0.2, 0) is 17.2 Å². The van der Waals surface area contributed by atoms with Crippen LogP contribution in [0.15, 0.2) is 67.8 Å². The van der Waals surface area contributed by atoms with Gasteiger partial charge < -0.3 is 10.2 Å². The summed E-state index contributed by atoms with van der Waals surface area (Å²) in [4.78, 5) is 4.21. The largest absolute Gasteiger partial charge is 0.416 e. The first-order chi connectivity index (χ1) is 17.3. The van der Waals surface area contributed by atoms with E-state index in [1.54, 1.807) is 18.2 Å². The fraction of sp³-hybridized carbons (Fsp3) is 0.310. The molecule has 0 spiro atoms. The van der Waals surface area contributed by atoms with E-state index in [1.807, 2.05) is 26.0 Å². The zero-order valence-corrected chi connectivity index (χ0v) is 20.7. The SMILES string of the molecule is C.C=C(NCCC)c1cc2cc(-c3cc(C(F)(F)F)cc(C(F)(F)F)c3)ccc2cc1C.C=CCCON. The molecule has 0 saturated carbocycles. The second kappa shape index (κ2) is 14.0. The highest BCUT2D eigenvalue weighted by atomic mass is 19.4. The van der Waals surface area contributed by atoms with Crippen molar-refractivity contribution < 1.29 is 31.2 Å². The van der Waals surface area contributed by atoms with Gasteiger partial charge in [0.2, 0.25) is 0 Å². The summed E-state index contributed by atoms with van der Waals surface area (Å²) in [5, 5.41) is 4.73. The minimum absolute atomic E-state index is 0. The molecule has 3 rings (SSSR count). The Labute approximate surface area is 219 Å². The standard InChI is InChI=1S/C24H21F6N.C4H9NO.CH4/c1-4-7-31-15(3)22-12-18-9-17(6-5-16(18)8-14(22)2)19-10-20(23(25,26)27)13-21(11-19)24(28,29)30;1-2-3-4-6-5;/h5-6,8-13,31H,3-4,7H2,1-2H3;2H,1,3-5H2;1H4. The van der Waals surface area contributed by atoms with Gasteiger partial charge in [0.05, 0.1) is 17.7 Å². The summed E-state index contributed by atoms with van der Waals surface area (Å²) >= 11 is 0. The molecule has 0 unspecified atom stereocenters. The van der Waals surface area contributed by atoms with Gasteiger partial charge in [0, 0.05) is 17.8 Å². The maximum atomic E-state index is 13.2. The first-order valence-electron chi connectivity index (χ1n) is 11.5. The molecular weight excluding hydrogens is 506 g/mol. The maximum absolute atomic E-state index is 13.2. The van der Waals surface area contributed by atoms with Crippen molar-refractivity contribution in [3.63, 3.8) is 0 Å². The van der Waals surface area contributed by atoms with Gasteiger partial charge in [0.1, 0.15) is 0 Å². The molecule has 0 aliphatic heterocycles. The highest BCUT2D eigenvalue weighted by Gasteiger charge is 2.37. The van der Waals surface area contributed by atoms with Crippen LogP contribution < -0.4 is 11.2 Å². The van der Waals surface area contributed by atoms with Crippen LogP contribution in [-0.4, -0.2) is 13.2 Å². The minimum Gasteiger partial charge on any atom is -0.385 e. The fourth-order valence-corrected chi connectivity index (χ4v) is 3.56. The van der Waals surface area contributed by atoms with Crippen LogP contribution in [0.25, 0.3) is 27.6 Å². The summed E-state index contributed by atoms with van der Waals surface area (Å²) in [6.45, 7) is 12.7. The average molecular weight is 541 g/mol. The van der Waals surface area contributed by atoms with E-state index in [1.165, 1.54) is 6.07 Å². The first-order valence-corrected chi connectivity index (χ1v) is 11.5. The number of hydrogen-bond acceptors (Lipinski definition) is 3. The predicted octanol–water partition coefficient (Wildman–Crippen LogP) is 8.91. The van der Waals surface area contributed by atoms with Crippen LogP contribution in [0, 0.1) is 6.92 Å². The molecule has 0 bridgehead atoms. The summed E-state index contributed by atoms with van der Waals surface area (Å²) in [7, 11) is 0. The van der Waals surface area contributed by atoms with E-state index in [0.717, 1.165) is 48.0 Å². The molecule has 38 heavy (non-hydrogen) atoms. The third-order valence-electron chi connectivity index (χ3n) is 5.46. The zero-order valence-electron chi connectivity index (χ0n) is 20.7. The number of nitrogens with two attached hydrogens (primary N) is 1. The number of alkyl halides is 6. The molecule has 0 atom stereocenters. The van der Waals surface area contributed by atoms with Crippen LogP contribution >= 0.6 is 0 Å². The molecule has 0 aliphatic rings. The quantitative estimate of drug-likeness (QED) is 0.130. The number of benzene rings is 3. The molecule has 0 fully saturated rings. The van der Waals surface area contributed by atoms with Gasteiger partial charge in [-0.05, 0) is 77.6 Å². The lowest BCUT2D eigenvalue weighted by Crippen LogP contribution is -2.12. The van der Waals surface area contributed by atoms with Crippen molar-refractivity contribution in [3.8, 4) is 11.1 Å². The third-order valence-corrected chi connectivity index (χ3v) is 5.46. The molecule has 0 radical (unpaired) electrons. The van der Waals surface area contributed by atoms with Gasteiger partial charge in [-0.1, -0.05) is 45.2 Å². The molecular formula is C29H34F6N2O. The maximum Gasteiger partial charge on any atom is 0.416 e. The van der Waals surface area contributed by atoms with E-state index in [4.69, 9.17) is 0 Å². The molecule has 0 aromatic heterocycles. The summed E-state index contributed by atoms with van der Waals surface area (Å²) < 4.78 is 79.3. The lowest BCUT2D eigenvalue weighted by molar-refractivity contribution is -0.143. The molecule has 0 heterocycles. The summed E-state index contributed by atoms with van der Waals surface area (Å²) in [5.74, 6) is 4.67. The second-order valence-corrected chi connectivity index (χ2v) is 8.38. The molecule has 208 valence electrons. The van der Waals surface area contributed by atoms with Gasteiger partial charge in [0.15, 0.2) is 0 Å². The van der Waals surface area contributed by atoms with Gasteiger partial charge in [-0.15, -0.1) is 6.58 Å². The first kappa shape index (κ1) is 32.7. The van der Waals surface area contributed by atoms with Crippen molar-refractivity contribution in [1.29, 1.82) is 0 Å². The van der Waals surface area contributed by atoms with Gasteiger partial charge in [-0.3, -0.25) is 0 Å². The highest BCUT2D eigenvalue weighted by molar-refractivity contribution is 5.91. The summed E-state index contributed by atoms with van der Waals surface area (Å²) in [5.41, 5.74) is -0.0195. The Morgan fingerprint density at radius 1 is 0.921 bits per heavy atom. The number of nitrogens with one attached hydrogen (secondary N) is 1. The van der Waals surface area contributed by atoms with E-state index in [9.17, 15) is 26.3 Å². The summed E-state index contributed by atoms with van der Waals surface area (Å²) in [6, 6.07) is 10.2. The van der Waals surface area contributed by atoms with E-state index in [2.05, 4.69) is 29.2 Å².